The topological polar surface area (TPSA) is 69.2 Å². The number of hydrogen-bond donors (Lipinski definition) is 1. The van der Waals surface area contributed by atoms with Crippen LogP contribution in [-0.2, 0) is 6.54 Å². The highest BCUT2D eigenvalue weighted by atomic mass is 16.5. The number of rotatable bonds is 5. The van der Waals surface area contributed by atoms with E-state index in [1.807, 2.05) is 10.6 Å². The van der Waals surface area contributed by atoms with Gasteiger partial charge in [-0.3, -0.25) is 4.57 Å². The van der Waals surface area contributed by atoms with Crippen LogP contribution in [0.2, 0.25) is 0 Å². The molecule has 0 bridgehead atoms. The minimum Gasteiger partial charge on any atom is -0.481 e. The molecular formula is C14H23N5O. The van der Waals surface area contributed by atoms with Gasteiger partial charge in [0.1, 0.15) is 5.52 Å². The Hall–Kier alpha value is -1.82. The maximum Gasteiger partial charge on any atom is 0.215 e. The van der Waals surface area contributed by atoms with Crippen molar-refractivity contribution in [1.82, 2.24) is 19.4 Å². The lowest BCUT2D eigenvalue weighted by molar-refractivity contribution is 0.214. The number of nitrogens with zero attached hydrogens (tertiary/aromatic N) is 4. The van der Waals surface area contributed by atoms with Gasteiger partial charge in [0.25, 0.3) is 0 Å². The lowest BCUT2D eigenvalue weighted by Gasteiger charge is -2.29. The van der Waals surface area contributed by atoms with Gasteiger partial charge < -0.3 is 15.4 Å². The molecule has 2 heterocycles. The quantitative estimate of drug-likeness (QED) is 0.899. The Bertz CT molecular complexity index is 603. The summed E-state index contributed by atoms with van der Waals surface area (Å²) in [5.74, 6) is 1.07. The average molecular weight is 277 g/mol. The third-order valence-corrected chi connectivity index (χ3v) is 3.14. The van der Waals surface area contributed by atoms with E-state index in [-0.39, 0.29) is 5.41 Å². The van der Waals surface area contributed by atoms with Gasteiger partial charge in [-0.15, -0.1) is 0 Å². The lowest BCUT2D eigenvalue weighted by atomic mass is 9.93. The van der Waals surface area contributed by atoms with Crippen molar-refractivity contribution in [3.63, 3.8) is 0 Å². The Morgan fingerprint density at radius 1 is 1.30 bits per heavy atom. The Kier molecular flexibility index (Phi) is 3.85. The molecule has 6 nitrogen and oxygen atoms in total. The molecule has 20 heavy (non-hydrogen) atoms. The van der Waals surface area contributed by atoms with Crippen molar-refractivity contribution in [2.75, 3.05) is 33.5 Å². The summed E-state index contributed by atoms with van der Waals surface area (Å²) in [4.78, 5) is 11.0. The number of fused-ring (bicyclic) bond motifs is 1. The van der Waals surface area contributed by atoms with E-state index in [1.54, 1.807) is 13.2 Å². The molecule has 0 atom stereocenters. The molecule has 0 saturated heterocycles. The maximum atomic E-state index is 6.04. The smallest absolute Gasteiger partial charge is 0.215 e. The molecule has 110 valence electrons. The summed E-state index contributed by atoms with van der Waals surface area (Å²) < 4.78 is 7.14. The number of ether oxygens (including phenoxy) is 1. The highest BCUT2D eigenvalue weighted by molar-refractivity contribution is 5.74. The summed E-state index contributed by atoms with van der Waals surface area (Å²) in [6, 6.07) is 3.68. The van der Waals surface area contributed by atoms with Crippen LogP contribution in [0.3, 0.4) is 0 Å². The van der Waals surface area contributed by atoms with Crippen LogP contribution < -0.4 is 10.5 Å². The predicted octanol–water partition coefficient (Wildman–Crippen LogP) is 1.61. The molecule has 0 unspecified atom stereocenters. The number of nitrogen functional groups attached to an aromatic ring is 1. The number of hydrogen-bond acceptors (Lipinski definition) is 5. The van der Waals surface area contributed by atoms with Crippen molar-refractivity contribution in [2.24, 2.45) is 5.41 Å². The fourth-order valence-electron chi connectivity index (χ4n) is 2.61. The van der Waals surface area contributed by atoms with Crippen LogP contribution in [0.1, 0.15) is 13.8 Å². The van der Waals surface area contributed by atoms with Crippen LogP contribution >= 0.6 is 0 Å². The van der Waals surface area contributed by atoms with E-state index < -0.39 is 0 Å². The van der Waals surface area contributed by atoms with Crippen molar-refractivity contribution in [3.05, 3.63) is 12.1 Å². The summed E-state index contributed by atoms with van der Waals surface area (Å²) in [7, 11) is 5.74. The number of imidazole rings is 1. The molecule has 2 aromatic heterocycles. The van der Waals surface area contributed by atoms with Crippen LogP contribution in [0.4, 0.5) is 5.95 Å². The molecule has 2 N–H and O–H groups in total. The first kappa shape index (κ1) is 14.6. The Labute approximate surface area is 119 Å². The number of anilines is 1. The monoisotopic (exact) mass is 277 g/mol. The van der Waals surface area contributed by atoms with Crippen LogP contribution in [-0.4, -0.2) is 47.2 Å². The molecular weight excluding hydrogens is 254 g/mol. The van der Waals surface area contributed by atoms with E-state index in [1.165, 1.54) is 0 Å². The summed E-state index contributed by atoms with van der Waals surface area (Å²) >= 11 is 0. The standard InChI is InChI=1S/C14H23N5O/c1-14(2,8-18(3)4)9-19-12-10(16-13(19)15)6-7-11(17-12)20-5/h6-7H,8-9H2,1-5H3,(H2,15,16). The van der Waals surface area contributed by atoms with Crippen molar-refractivity contribution in [3.8, 4) is 5.88 Å². The molecule has 0 saturated carbocycles. The largest absolute Gasteiger partial charge is 0.481 e. The van der Waals surface area contributed by atoms with Gasteiger partial charge in [0.05, 0.1) is 7.11 Å². The molecule has 0 aromatic carbocycles. The zero-order chi connectivity index (χ0) is 14.9. The molecule has 0 radical (unpaired) electrons. The van der Waals surface area contributed by atoms with Gasteiger partial charge in [-0.2, -0.15) is 4.98 Å². The molecule has 0 amide bonds. The number of pyridine rings is 1. The van der Waals surface area contributed by atoms with Crippen LogP contribution in [0.15, 0.2) is 12.1 Å². The fourth-order valence-corrected chi connectivity index (χ4v) is 2.61. The van der Waals surface area contributed by atoms with E-state index in [0.717, 1.165) is 24.3 Å². The normalized spacial score (nSPS) is 12.3. The Morgan fingerprint density at radius 2 is 2.00 bits per heavy atom. The van der Waals surface area contributed by atoms with Crippen molar-refractivity contribution in [2.45, 2.75) is 20.4 Å². The van der Waals surface area contributed by atoms with Gasteiger partial charge >= 0.3 is 0 Å². The van der Waals surface area contributed by atoms with Gasteiger partial charge in [-0.1, -0.05) is 13.8 Å². The molecule has 0 spiro atoms. The Balaban J connectivity index is 2.40. The highest BCUT2D eigenvalue weighted by Gasteiger charge is 2.23. The molecule has 2 rings (SSSR count). The summed E-state index contributed by atoms with van der Waals surface area (Å²) in [5.41, 5.74) is 7.67. The van der Waals surface area contributed by atoms with Crippen molar-refractivity contribution >= 4 is 17.1 Å². The second-order valence-electron chi connectivity index (χ2n) is 6.15. The SMILES string of the molecule is COc1ccc2nc(N)n(CC(C)(C)CN(C)C)c2n1. The van der Waals surface area contributed by atoms with Crippen LogP contribution in [0.25, 0.3) is 11.2 Å². The minimum absolute atomic E-state index is 0.0655. The summed E-state index contributed by atoms with van der Waals surface area (Å²) in [6.45, 7) is 6.13. The van der Waals surface area contributed by atoms with Crippen LogP contribution in [0.5, 0.6) is 5.88 Å². The van der Waals surface area contributed by atoms with E-state index >= 15 is 0 Å². The number of methoxy groups -OCH3 is 1. The fraction of sp³-hybridized carbons (Fsp3) is 0.571. The number of nitrogens with two attached hydrogens (primary N) is 1. The molecule has 0 fully saturated rings. The molecule has 0 aliphatic rings. The van der Waals surface area contributed by atoms with Crippen molar-refractivity contribution < 1.29 is 4.74 Å². The third-order valence-electron chi connectivity index (χ3n) is 3.14. The molecule has 2 aromatic rings. The van der Waals surface area contributed by atoms with E-state index in [0.29, 0.717) is 11.8 Å². The van der Waals surface area contributed by atoms with Gasteiger partial charge in [0.15, 0.2) is 5.65 Å². The summed E-state index contributed by atoms with van der Waals surface area (Å²) in [5, 5.41) is 0. The molecule has 0 aliphatic heterocycles. The Morgan fingerprint density at radius 3 is 2.60 bits per heavy atom. The second kappa shape index (κ2) is 5.28. The lowest BCUT2D eigenvalue weighted by Crippen LogP contribution is -2.32. The summed E-state index contributed by atoms with van der Waals surface area (Å²) in [6.07, 6.45) is 0. The van der Waals surface area contributed by atoms with Gasteiger partial charge in [-0.05, 0) is 25.6 Å². The first-order valence-corrected chi connectivity index (χ1v) is 6.64. The predicted molar refractivity (Wildman–Crippen MR) is 80.8 cm³/mol. The van der Waals surface area contributed by atoms with Crippen LogP contribution in [0, 0.1) is 5.41 Å². The maximum absolute atomic E-state index is 6.04. The third kappa shape index (κ3) is 3.01. The van der Waals surface area contributed by atoms with Crippen molar-refractivity contribution in [1.29, 1.82) is 0 Å². The zero-order valence-corrected chi connectivity index (χ0v) is 12.8. The van der Waals surface area contributed by atoms with E-state index in [4.69, 9.17) is 10.5 Å². The van der Waals surface area contributed by atoms with Gasteiger partial charge in [0, 0.05) is 19.2 Å². The molecule has 0 aliphatic carbocycles. The van der Waals surface area contributed by atoms with Gasteiger partial charge in [0.2, 0.25) is 11.8 Å². The van der Waals surface area contributed by atoms with Gasteiger partial charge in [-0.25, -0.2) is 4.98 Å². The number of aromatic nitrogens is 3. The first-order valence-electron chi connectivity index (χ1n) is 6.64. The van der Waals surface area contributed by atoms with E-state index in [9.17, 15) is 0 Å². The first-order chi connectivity index (χ1) is 9.32. The zero-order valence-electron chi connectivity index (χ0n) is 12.8. The average Bonchev–Trinajstić information content (AvgIpc) is 2.63. The second-order valence-corrected chi connectivity index (χ2v) is 6.15. The highest BCUT2D eigenvalue weighted by Crippen LogP contribution is 2.25. The minimum atomic E-state index is 0.0655. The molecule has 6 heteroatoms. The van der Waals surface area contributed by atoms with E-state index in [2.05, 4.69) is 42.8 Å².